The maximum absolute atomic E-state index is 10.5. The molecule has 0 aliphatic carbocycles. The van der Waals surface area contributed by atoms with Gasteiger partial charge in [0, 0.05) is 26.2 Å². The van der Waals surface area contributed by atoms with E-state index in [0.29, 0.717) is 0 Å². The van der Waals surface area contributed by atoms with Crippen molar-refractivity contribution in [1.82, 2.24) is 15.2 Å². The Bertz CT molecular complexity index is 687. The van der Waals surface area contributed by atoms with Crippen LogP contribution in [0.3, 0.4) is 0 Å². The maximum Gasteiger partial charge on any atom is 0.294 e. The Morgan fingerprint density at radius 1 is 1.23 bits per heavy atom. The van der Waals surface area contributed by atoms with Crippen molar-refractivity contribution < 1.29 is 17.7 Å². The largest absolute Gasteiger partial charge is 0.379 e. The summed E-state index contributed by atoms with van der Waals surface area (Å²) in [6.45, 7) is 9.14. The van der Waals surface area contributed by atoms with Crippen LogP contribution in [0.5, 0.6) is 0 Å². The normalized spacial score (nSPS) is 18.1. The fraction of sp³-hybridized carbons (Fsp3) is 0.562. The van der Waals surface area contributed by atoms with Gasteiger partial charge in [-0.3, -0.25) is 19.5 Å². The number of ether oxygens (including phenoxy) is 1. The van der Waals surface area contributed by atoms with Crippen LogP contribution in [-0.4, -0.2) is 81.3 Å². The number of aliphatic imine (C=N–C) groups is 1. The van der Waals surface area contributed by atoms with Crippen LogP contribution >= 0.6 is 0 Å². The van der Waals surface area contributed by atoms with Crippen molar-refractivity contribution in [2.45, 2.75) is 11.8 Å². The lowest BCUT2D eigenvalue weighted by atomic mass is 10.2. The van der Waals surface area contributed by atoms with Gasteiger partial charge in [-0.15, -0.1) is 0 Å². The number of aryl methyl sites for hydroxylation is 1. The highest BCUT2D eigenvalue weighted by Crippen LogP contribution is 2.08. The lowest BCUT2D eigenvalue weighted by Crippen LogP contribution is -2.46. The Morgan fingerprint density at radius 3 is 2.42 bits per heavy atom. The number of guanidine groups is 1. The van der Waals surface area contributed by atoms with Gasteiger partial charge in [-0.1, -0.05) is 17.7 Å². The SMILES string of the molecule is Cc1ccc(S(=O)(=O)O)cc1.NN1CCN=C1NCCN1CCOCC1. The molecule has 0 atom stereocenters. The van der Waals surface area contributed by atoms with Crippen LogP contribution < -0.4 is 11.2 Å². The molecular formula is C16H27N5O4S. The number of morpholine rings is 1. The molecule has 10 heteroatoms. The zero-order chi connectivity index (χ0) is 19.0. The summed E-state index contributed by atoms with van der Waals surface area (Å²) in [5.41, 5.74) is 0.956. The standard InChI is InChI=1S/C9H19N5O.C7H8O3S/c10-14-4-2-12-9(14)11-1-3-13-5-7-15-8-6-13;1-6-2-4-7(5-3-6)11(8,9)10/h1-8,10H2,(H,11,12);2-5H,1H3,(H,8,9,10). The van der Waals surface area contributed by atoms with Gasteiger partial charge in [-0.25, -0.2) is 5.84 Å². The van der Waals surface area contributed by atoms with Crippen LogP contribution in [0.4, 0.5) is 0 Å². The van der Waals surface area contributed by atoms with Gasteiger partial charge in [0.1, 0.15) is 0 Å². The first-order valence-electron chi connectivity index (χ1n) is 8.51. The minimum Gasteiger partial charge on any atom is -0.379 e. The number of hydrogen-bond acceptors (Lipinski definition) is 8. The molecule has 9 nitrogen and oxygen atoms in total. The molecule has 0 unspecified atom stereocenters. The van der Waals surface area contributed by atoms with Crippen molar-refractivity contribution in [3.63, 3.8) is 0 Å². The second-order valence-electron chi connectivity index (χ2n) is 6.07. The van der Waals surface area contributed by atoms with Crippen LogP contribution in [-0.2, 0) is 14.9 Å². The number of benzene rings is 1. The molecule has 2 heterocycles. The van der Waals surface area contributed by atoms with Crippen molar-refractivity contribution in [2.75, 3.05) is 52.5 Å². The fourth-order valence-electron chi connectivity index (χ4n) is 2.48. The highest BCUT2D eigenvalue weighted by atomic mass is 32.2. The van der Waals surface area contributed by atoms with Gasteiger partial charge >= 0.3 is 0 Å². The summed E-state index contributed by atoms with van der Waals surface area (Å²) in [6.07, 6.45) is 0. The van der Waals surface area contributed by atoms with E-state index in [1.165, 1.54) is 12.1 Å². The van der Waals surface area contributed by atoms with Crippen molar-refractivity contribution in [1.29, 1.82) is 0 Å². The Hall–Kier alpha value is -1.72. The quantitative estimate of drug-likeness (QED) is 0.477. The highest BCUT2D eigenvalue weighted by molar-refractivity contribution is 7.85. The summed E-state index contributed by atoms with van der Waals surface area (Å²) in [5, 5.41) is 4.91. The lowest BCUT2D eigenvalue weighted by Gasteiger charge is -2.27. The summed E-state index contributed by atoms with van der Waals surface area (Å²) in [7, 11) is -4.02. The summed E-state index contributed by atoms with van der Waals surface area (Å²) >= 11 is 0. The van der Waals surface area contributed by atoms with Crippen LogP contribution in [0.15, 0.2) is 34.2 Å². The topological polar surface area (TPSA) is 120 Å². The Morgan fingerprint density at radius 2 is 1.88 bits per heavy atom. The summed E-state index contributed by atoms with van der Waals surface area (Å²) in [6, 6.07) is 5.99. The highest BCUT2D eigenvalue weighted by Gasteiger charge is 2.13. The molecule has 0 bridgehead atoms. The molecule has 0 spiro atoms. The number of nitrogens with two attached hydrogens (primary N) is 1. The van der Waals surface area contributed by atoms with Gasteiger partial charge in [0.2, 0.25) is 5.96 Å². The first-order chi connectivity index (χ1) is 12.4. The molecule has 0 aromatic heterocycles. The zero-order valence-electron chi connectivity index (χ0n) is 15.0. The van der Waals surface area contributed by atoms with Crippen LogP contribution in [0, 0.1) is 6.92 Å². The maximum atomic E-state index is 10.5. The minimum atomic E-state index is -4.02. The van der Waals surface area contributed by atoms with Crippen LogP contribution in [0.2, 0.25) is 0 Å². The first kappa shape index (κ1) is 20.6. The van der Waals surface area contributed by atoms with E-state index in [2.05, 4.69) is 15.2 Å². The molecule has 146 valence electrons. The Labute approximate surface area is 154 Å². The Balaban J connectivity index is 0.000000197. The first-order valence-corrected chi connectivity index (χ1v) is 9.95. The van der Waals surface area contributed by atoms with Gasteiger partial charge in [-0.05, 0) is 19.1 Å². The Kier molecular flexibility index (Phi) is 7.79. The summed E-state index contributed by atoms with van der Waals surface area (Å²) in [5.74, 6) is 6.53. The van der Waals surface area contributed by atoms with Gasteiger partial charge in [0.25, 0.3) is 10.1 Å². The van der Waals surface area contributed by atoms with E-state index in [1.807, 2.05) is 6.92 Å². The number of hydrogen-bond donors (Lipinski definition) is 3. The predicted octanol–water partition coefficient (Wildman–Crippen LogP) is -0.305. The van der Waals surface area contributed by atoms with E-state index < -0.39 is 10.1 Å². The van der Waals surface area contributed by atoms with Crippen LogP contribution in [0.1, 0.15) is 5.56 Å². The third-order valence-corrected chi connectivity index (χ3v) is 4.88. The smallest absolute Gasteiger partial charge is 0.294 e. The minimum absolute atomic E-state index is 0.0666. The molecule has 1 aromatic carbocycles. The van der Waals surface area contributed by atoms with Crippen molar-refractivity contribution >= 4 is 16.1 Å². The second-order valence-corrected chi connectivity index (χ2v) is 7.49. The number of nitrogens with zero attached hydrogens (tertiary/aromatic N) is 3. The second kappa shape index (κ2) is 9.83. The third-order valence-electron chi connectivity index (χ3n) is 4.01. The van der Waals surface area contributed by atoms with Crippen molar-refractivity contribution in [3.8, 4) is 0 Å². The molecule has 0 radical (unpaired) electrons. The number of nitrogens with one attached hydrogen (secondary N) is 1. The van der Waals surface area contributed by atoms with Gasteiger partial charge in [0.05, 0.1) is 31.2 Å². The van der Waals surface area contributed by atoms with Gasteiger partial charge in [-0.2, -0.15) is 8.42 Å². The van der Waals surface area contributed by atoms with E-state index in [1.54, 1.807) is 17.1 Å². The molecule has 0 amide bonds. The molecule has 1 saturated heterocycles. The molecule has 2 aliphatic rings. The average molecular weight is 385 g/mol. The fourth-order valence-corrected chi connectivity index (χ4v) is 2.96. The number of hydrazine groups is 1. The zero-order valence-corrected chi connectivity index (χ0v) is 15.8. The molecule has 1 fully saturated rings. The van der Waals surface area contributed by atoms with E-state index in [-0.39, 0.29) is 4.90 Å². The van der Waals surface area contributed by atoms with E-state index in [4.69, 9.17) is 15.1 Å². The molecule has 3 rings (SSSR count). The van der Waals surface area contributed by atoms with Crippen molar-refractivity contribution in [3.05, 3.63) is 29.8 Å². The summed E-state index contributed by atoms with van der Waals surface area (Å²) in [4.78, 5) is 6.58. The average Bonchev–Trinajstić information content (AvgIpc) is 3.01. The van der Waals surface area contributed by atoms with E-state index >= 15 is 0 Å². The monoisotopic (exact) mass is 385 g/mol. The molecule has 0 saturated carbocycles. The summed E-state index contributed by atoms with van der Waals surface area (Å²) < 4.78 is 34.8. The molecular weight excluding hydrogens is 358 g/mol. The predicted molar refractivity (Wildman–Crippen MR) is 99.5 cm³/mol. The van der Waals surface area contributed by atoms with E-state index in [9.17, 15) is 8.42 Å². The van der Waals surface area contributed by atoms with Crippen LogP contribution in [0.25, 0.3) is 0 Å². The molecule has 26 heavy (non-hydrogen) atoms. The molecule has 4 N–H and O–H groups in total. The van der Waals surface area contributed by atoms with Crippen molar-refractivity contribution in [2.24, 2.45) is 10.8 Å². The molecule has 2 aliphatic heterocycles. The molecule has 1 aromatic rings. The number of rotatable bonds is 4. The third kappa shape index (κ3) is 6.89. The van der Waals surface area contributed by atoms with Gasteiger partial charge in [0.15, 0.2) is 0 Å². The van der Waals surface area contributed by atoms with E-state index in [0.717, 1.165) is 64.0 Å². The van der Waals surface area contributed by atoms with Gasteiger partial charge < -0.3 is 10.1 Å². The lowest BCUT2D eigenvalue weighted by molar-refractivity contribution is 0.0388.